The summed E-state index contributed by atoms with van der Waals surface area (Å²) in [7, 11) is 0. The molecule has 0 bridgehead atoms. The molecule has 0 saturated carbocycles. The summed E-state index contributed by atoms with van der Waals surface area (Å²) in [6, 6.07) is 61.4. The van der Waals surface area contributed by atoms with Gasteiger partial charge in [-0.3, -0.25) is 0 Å². The van der Waals surface area contributed by atoms with E-state index >= 15 is 0 Å². The van der Waals surface area contributed by atoms with E-state index in [4.69, 9.17) is 14.4 Å². The van der Waals surface area contributed by atoms with Crippen LogP contribution in [0.5, 0.6) is 0 Å². The Morgan fingerprint density at radius 1 is 0.450 bits per heavy atom. The molecule has 0 spiro atoms. The minimum Gasteiger partial charge on any atom is -0.452 e. The van der Waals surface area contributed by atoms with Crippen LogP contribution in [0.15, 0.2) is 174 Å². The molecular formula is C54H28N4OS. The Balaban J connectivity index is 0.968. The van der Waals surface area contributed by atoms with Gasteiger partial charge in [0.25, 0.3) is 0 Å². The van der Waals surface area contributed by atoms with Crippen molar-refractivity contribution in [2.45, 2.75) is 0 Å². The van der Waals surface area contributed by atoms with Gasteiger partial charge in [-0.05, 0) is 100 Å². The van der Waals surface area contributed by atoms with Gasteiger partial charge < -0.3 is 13.4 Å². The van der Waals surface area contributed by atoms with Crippen LogP contribution in [0, 0.1) is 0 Å². The quantitative estimate of drug-likeness (QED) is 0.168. The first kappa shape index (κ1) is 31.2. The number of hydrogen-bond acceptors (Lipinski definition) is 4. The number of hydrogen-bond donors (Lipinski definition) is 0. The van der Waals surface area contributed by atoms with Crippen LogP contribution in [0.3, 0.4) is 0 Å². The first-order valence-corrected chi connectivity index (χ1v) is 21.1. The lowest BCUT2D eigenvalue weighted by Crippen LogP contribution is -1.96. The molecule has 6 heterocycles. The van der Waals surface area contributed by atoms with Crippen molar-refractivity contribution in [1.82, 2.24) is 18.9 Å². The second-order valence-electron chi connectivity index (χ2n) is 16.1. The molecule has 0 saturated heterocycles. The Labute approximate surface area is 344 Å². The minimum absolute atomic E-state index is 0.662. The van der Waals surface area contributed by atoms with Gasteiger partial charge in [0.15, 0.2) is 11.4 Å². The van der Waals surface area contributed by atoms with Gasteiger partial charge in [-0.2, -0.15) is 0 Å². The Morgan fingerprint density at radius 3 is 2.08 bits per heavy atom. The first-order chi connectivity index (χ1) is 29.7. The second-order valence-corrected chi connectivity index (χ2v) is 17.2. The number of rotatable bonds is 3. The first-order valence-electron chi connectivity index (χ1n) is 20.3. The maximum Gasteiger partial charge on any atom is 0.180 e. The van der Waals surface area contributed by atoms with E-state index in [0.29, 0.717) is 11.4 Å². The van der Waals surface area contributed by atoms with Crippen LogP contribution >= 0.6 is 11.3 Å². The summed E-state index contributed by atoms with van der Waals surface area (Å²) in [6.07, 6.45) is 0. The van der Waals surface area contributed by atoms with E-state index in [2.05, 4.69) is 161 Å². The van der Waals surface area contributed by atoms with Crippen LogP contribution in [-0.2, 0) is 0 Å². The lowest BCUT2D eigenvalue weighted by atomic mass is 9.98. The molecule has 0 atom stereocenters. The van der Waals surface area contributed by atoms with Crippen molar-refractivity contribution in [3.8, 4) is 28.3 Å². The Kier molecular flexibility index (Phi) is 5.74. The molecule has 0 aliphatic carbocycles. The molecule has 276 valence electrons. The van der Waals surface area contributed by atoms with Crippen LogP contribution < -0.4 is 0 Å². The molecule has 0 fully saturated rings. The molecule has 0 aliphatic heterocycles. The van der Waals surface area contributed by atoms with Crippen molar-refractivity contribution < 1.29 is 4.42 Å². The molecular weight excluding hydrogens is 753 g/mol. The SMILES string of the molecule is c1ccc2c(c1)ccc1ccc(-c3nc(-c4ccc(-n5c6ccc7sc8cccc9c8c7c6c6c5ccc5c7ccccc7n9c56)cc4)nc4c3oc3ccccc34)cc12. The molecule has 6 aromatic heterocycles. The molecule has 15 rings (SSSR count). The van der Waals surface area contributed by atoms with Gasteiger partial charge in [0.05, 0.1) is 27.6 Å². The van der Waals surface area contributed by atoms with E-state index in [9.17, 15) is 0 Å². The minimum atomic E-state index is 0.662. The van der Waals surface area contributed by atoms with Crippen molar-refractivity contribution in [3.63, 3.8) is 0 Å². The van der Waals surface area contributed by atoms with Gasteiger partial charge in [-0.1, -0.05) is 91.0 Å². The van der Waals surface area contributed by atoms with E-state index < -0.39 is 0 Å². The number of furan rings is 1. The maximum absolute atomic E-state index is 6.55. The van der Waals surface area contributed by atoms with Gasteiger partial charge in [0.2, 0.25) is 0 Å². The highest BCUT2D eigenvalue weighted by Gasteiger charge is 2.26. The Bertz CT molecular complexity index is 4300. The lowest BCUT2D eigenvalue weighted by molar-refractivity contribution is 0.667. The zero-order chi connectivity index (χ0) is 38.8. The van der Waals surface area contributed by atoms with Crippen LogP contribution in [0.2, 0.25) is 0 Å². The number of para-hydroxylation sites is 2. The predicted molar refractivity (Wildman–Crippen MR) is 251 cm³/mol. The van der Waals surface area contributed by atoms with Crippen LogP contribution in [-0.4, -0.2) is 18.9 Å². The fourth-order valence-electron chi connectivity index (χ4n) is 10.5. The largest absolute Gasteiger partial charge is 0.452 e. The number of aromatic nitrogens is 4. The summed E-state index contributed by atoms with van der Waals surface area (Å²) >= 11 is 1.89. The molecule has 60 heavy (non-hydrogen) atoms. The third-order valence-electron chi connectivity index (χ3n) is 13.0. The molecule has 0 amide bonds. The smallest absolute Gasteiger partial charge is 0.180 e. The third kappa shape index (κ3) is 3.87. The monoisotopic (exact) mass is 780 g/mol. The summed E-state index contributed by atoms with van der Waals surface area (Å²) in [5, 5.41) is 13.7. The lowest BCUT2D eigenvalue weighted by Gasteiger charge is -2.11. The summed E-state index contributed by atoms with van der Waals surface area (Å²) in [4.78, 5) is 10.5. The topological polar surface area (TPSA) is 48.3 Å². The average Bonchev–Trinajstić information content (AvgIpc) is 4.04. The number of nitrogens with zero attached hydrogens (tertiary/aromatic N) is 4. The summed E-state index contributed by atoms with van der Waals surface area (Å²) in [6.45, 7) is 0. The maximum atomic E-state index is 6.55. The molecule has 15 aromatic rings. The molecule has 0 N–H and O–H groups in total. The van der Waals surface area contributed by atoms with Gasteiger partial charge in [-0.15, -0.1) is 11.3 Å². The fraction of sp³-hybridized carbons (Fsp3) is 0. The highest BCUT2D eigenvalue weighted by atomic mass is 32.1. The molecule has 6 heteroatoms. The molecule has 0 unspecified atom stereocenters. The van der Waals surface area contributed by atoms with Crippen LogP contribution in [0.1, 0.15) is 0 Å². The predicted octanol–water partition coefficient (Wildman–Crippen LogP) is 14.9. The van der Waals surface area contributed by atoms with Crippen molar-refractivity contribution in [3.05, 3.63) is 170 Å². The molecule has 0 radical (unpaired) electrons. The zero-order valence-electron chi connectivity index (χ0n) is 31.8. The normalized spacial score (nSPS) is 12.7. The van der Waals surface area contributed by atoms with Crippen molar-refractivity contribution in [2.75, 3.05) is 0 Å². The van der Waals surface area contributed by atoms with Crippen molar-refractivity contribution in [2.24, 2.45) is 0 Å². The summed E-state index contributed by atoms with van der Waals surface area (Å²) in [5.74, 6) is 0.662. The fourth-order valence-corrected chi connectivity index (χ4v) is 11.6. The number of thiophene rings is 1. The van der Waals surface area contributed by atoms with Gasteiger partial charge >= 0.3 is 0 Å². The van der Waals surface area contributed by atoms with Gasteiger partial charge in [-0.25, -0.2) is 9.97 Å². The van der Waals surface area contributed by atoms with E-state index in [1.165, 1.54) is 90.8 Å². The summed E-state index contributed by atoms with van der Waals surface area (Å²) < 4.78 is 14.2. The second kappa shape index (κ2) is 11.0. The molecule has 0 aliphatic rings. The third-order valence-corrected chi connectivity index (χ3v) is 14.2. The Morgan fingerprint density at radius 2 is 1.17 bits per heavy atom. The van der Waals surface area contributed by atoms with E-state index in [0.717, 1.165) is 39.0 Å². The molecule has 5 nitrogen and oxygen atoms in total. The Hall–Kier alpha value is -7.80. The van der Waals surface area contributed by atoms with Crippen molar-refractivity contribution in [1.29, 1.82) is 0 Å². The van der Waals surface area contributed by atoms with E-state index in [1.54, 1.807) is 0 Å². The highest BCUT2D eigenvalue weighted by Crippen LogP contribution is 2.50. The van der Waals surface area contributed by atoms with Crippen LogP contribution in [0.25, 0.3) is 141 Å². The zero-order valence-corrected chi connectivity index (χ0v) is 32.6. The number of benzene rings is 9. The van der Waals surface area contributed by atoms with Crippen molar-refractivity contribution >= 4 is 124 Å². The van der Waals surface area contributed by atoms with E-state index in [-0.39, 0.29) is 0 Å². The van der Waals surface area contributed by atoms with Gasteiger partial charge in [0, 0.05) is 63.9 Å². The highest BCUT2D eigenvalue weighted by molar-refractivity contribution is 7.26. The molecule has 9 aromatic carbocycles. The van der Waals surface area contributed by atoms with E-state index in [1.807, 2.05) is 29.5 Å². The number of fused-ring (bicyclic) bond motifs is 10. The van der Waals surface area contributed by atoms with Crippen LogP contribution in [0.4, 0.5) is 0 Å². The van der Waals surface area contributed by atoms with Gasteiger partial charge in [0.1, 0.15) is 16.8 Å². The standard InChI is InChI=1S/C54H28N4OS/c1-2-9-34-29(8-1)16-17-30-18-19-32(28-38(30)34)50-53-51(37-11-4-6-14-43(37)59-53)56-54(55-50)31-20-22-33(23-21-31)57-41-26-27-45-49-46-40(13-7-15-44(46)60-45)58-39-12-5-3-10-35(39)36-24-25-42(57)48(47(41)49)52(36)58/h1-28H. The average molecular weight is 781 g/mol. The summed E-state index contributed by atoms with van der Waals surface area (Å²) in [5.41, 5.74) is 12.3.